The van der Waals surface area contributed by atoms with Gasteiger partial charge < -0.3 is 24.3 Å². The molecule has 33 heavy (non-hydrogen) atoms. The Hall–Kier alpha value is -0.200. The van der Waals surface area contributed by atoms with Crippen molar-refractivity contribution in [2.24, 2.45) is 11.8 Å². The van der Waals surface area contributed by atoms with Gasteiger partial charge in [-0.1, -0.05) is 13.8 Å². The highest BCUT2D eigenvalue weighted by atomic mass is 16.5. The summed E-state index contributed by atoms with van der Waals surface area (Å²) in [4.78, 5) is 0. The molecule has 0 aromatic rings. The maximum atomic E-state index is 6.37. The Morgan fingerprint density at radius 3 is 1.15 bits per heavy atom. The zero-order valence-electron chi connectivity index (χ0n) is 21.5. The van der Waals surface area contributed by atoms with Crippen LogP contribution in [0.2, 0.25) is 0 Å². The van der Waals surface area contributed by atoms with Gasteiger partial charge in [0.2, 0.25) is 0 Å². The highest BCUT2D eigenvalue weighted by Gasteiger charge is 2.35. The van der Waals surface area contributed by atoms with Crippen molar-refractivity contribution in [3.05, 3.63) is 0 Å². The highest BCUT2D eigenvalue weighted by molar-refractivity contribution is 4.91. The molecule has 0 saturated carbocycles. The molecule has 8 unspecified atom stereocenters. The molecule has 4 fully saturated rings. The molecule has 8 atom stereocenters. The van der Waals surface area contributed by atoms with Crippen LogP contribution in [-0.2, 0) is 18.9 Å². The molecular formula is C28H51NO4. The van der Waals surface area contributed by atoms with Gasteiger partial charge >= 0.3 is 0 Å². The van der Waals surface area contributed by atoms with E-state index in [-0.39, 0.29) is 0 Å². The van der Waals surface area contributed by atoms with E-state index in [9.17, 15) is 0 Å². The van der Waals surface area contributed by atoms with Crippen LogP contribution >= 0.6 is 0 Å². The monoisotopic (exact) mass is 465 g/mol. The average molecular weight is 466 g/mol. The summed E-state index contributed by atoms with van der Waals surface area (Å²) in [5.41, 5.74) is 0. The van der Waals surface area contributed by atoms with Crippen LogP contribution in [-0.4, -0.2) is 62.9 Å². The summed E-state index contributed by atoms with van der Waals surface area (Å²) in [7, 11) is 0. The van der Waals surface area contributed by atoms with Crippen LogP contribution in [0.4, 0.5) is 0 Å². The third-order valence-corrected chi connectivity index (χ3v) is 8.71. The first-order valence-electron chi connectivity index (χ1n) is 14.4. The number of hydrogen-bond donors (Lipinski definition) is 1. The van der Waals surface area contributed by atoms with Crippen molar-refractivity contribution >= 4 is 0 Å². The Morgan fingerprint density at radius 1 is 0.515 bits per heavy atom. The SMILES string of the molecule is CC(CC(NC(CC(C)C1CCCCO1)C1CCCCO1)C1CCCCO1)C1CCCCO1. The van der Waals surface area contributed by atoms with Gasteiger partial charge in [0.25, 0.3) is 0 Å². The van der Waals surface area contributed by atoms with E-state index in [1.807, 2.05) is 0 Å². The van der Waals surface area contributed by atoms with Crippen LogP contribution in [0.1, 0.15) is 104 Å². The number of rotatable bonds is 10. The fourth-order valence-corrected chi connectivity index (χ4v) is 6.63. The first-order valence-corrected chi connectivity index (χ1v) is 14.4. The normalized spacial score (nSPS) is 35.5. The average Bonchev–Trinajstić information content (AvgIpc) is 2.89. The molecule has 1 N–H and O–H groups in total. The molecule has 0 radical (unpaired) electrons. The maximum absolute atomic E-state index is 6.37. The summed E-state index contributed by atoms with van der Waals surface area (Å²) in [5, 5.41) is 4.17. The van der Waals surface area contributed by atoms with E-state index in [1.54, 1.807) is 0 Å². The van der Waals surface area contributed by atoms with E-state index in [4.69, 9.17) is 18.9 Å². The van der Waals surface area contributed by atoms with Crippen LogP contribution < -0.4 is 5.32 Å². The molecule has 4 aliphatic rings. The van der Waals surface area contributed by atoms with Crippen LogP contribution in [0.5, 0.6) is 0 Å². The Kier molecular flexibility index (Phi) is 10.8. The topological polar surface area (TPSA) is 49.0 Å². The maximum Gasteiger partial charge on any atom is 0.0728 e. The van der Waals surface area contributed by atoms with Gasteiger partial charge in [-0.15, -0.1) is 0 Å². The Bertz CT molecular complexity index is 476. The molecule has 5 heteroatoms. The molecule has 192 valence electrons. The van der Waals surface area contributed by atoms with Crippen molar-refractivity contribution in [2.45, 2.75) is 140 Å². The second-order valence-corrected chi connectivity index (χ2v) is 11.4. The first-order chi connectivity index (χ1) is 16.2. The zero-order chi connectivity index (χ0) is 22.9. The van der Waals surface area contributed by atoms with E-state index >= 15 is 0 Å². The van der Waals surface area contributed by atoms with Gasteiger partial charge in [0, 0.05) is 38.5 Å². The van der Waals surface area contributed by atoms with E-state index in [0.29, 0.717) is 48.3 Å². The van der Waals surface area contributed by atoms with Crippen LogP contribution in [0.3, 0.4) is 0 Å². The standard InChI is InChI=1S/C28H51NO4/c1-21(25-11-3-7-15-30-25)19-23(27-13-5-9-17-32-27)29-24(28-14-6-10-18-33-28)20-22(2)26-12-4-8-16-31-26/h21-29H,3-20H2,1-2H3. The Balaban J connectivity index is 1.44. The number of ether oxygens (including phenoxy) is 4. The van der Waals surface area contributed by atoms with Gasteiger partial charge in [-0.05, 0) is 102 Å². The van der Waals surface area contributed by atoms with E-state index < -0.39 is 0 Å². The lowest BCUT2D eigenvalue weighted by molar-refractivity contribution is -0.0617. The van der Waals surface area contributed by atoms with Gasteiger partial charge in [0.05, 0.1) is 24.4 Å². The van der Waals surface area contributed by atoms with Gasteiger partial charge in [-0.3, -0.25) is 0 Å². The van der Waals surface area contributed by atoms with Gasteiger partial charge in [0.1, 0.15) is 0 Å². The van der Waals surface area contributed by atoms with E-state index in [0.717, 1.165) is 39.3 Å². The molecule has 4 rings (SSSR count). The minimum absolute atomic E-state index is 0.317. The van der Waals surface area contributed by atoms with Gasteiger partial charge in [-0.2, -0.15) is 0 Å². The molecule has 4 saturated heterocycles. The summed E-state index contributed by atoms with van der Waals surface area (Å²) in [5.74, 6) is 1.11. The molecule has 0 aromatic carbocycles. The predicted octanol–water partition coefficient (Wildman–Crippen LogP) is 5.64. The third-order valence-electron chi connectivity index (χ3n) is 8.71. The summed E-state index contributed by atoms with van der Waals surface area (Å²) >= 11 is 0. The fourth-order valence-electron chi connectivity index (χ4n) is 6.63. The Labute approximate surface area is 203 Å². The van der Waals surface area contributed by atoms with Gasteiger partial charge in [-0.25, -0.2) is 0 Å². The second kappa shape index (κ2) is 13.8. The quantitative estimate of drug-likeness (QED) is 0.452. The highest BCUT2D eigenvalue weighted by Crippen LogP contribution is 2.31. The number of nitrogens with one attached hydrogen (secondary N) is 1. The van der Waals surface area contributed by atoms with Crippen molar-refractivity contribution < 1.29 is 18.9 Å². The van der Waals surface area contributed by atoms with E-state index in [2.05, 4.69) is 19.2 Å². The van der Waals surface area contributed by atoms with Crippen molar-refractivity contribution in [1.82, 2.24) is 5.32 Å². The Morgan fingerprint density at radius 2 is 0.848 bits per heavy atom. The minimum atomic E-state index is 0.317. The molecule has 5 nitrogen and oxygen atoms in total. The molecule has 0 amide bonds. The van der Waals surface area contributed by atoms with Crippen LogP contribution in [0, 0.1) is 11.8 Å². The summed E-state index contributed by atoms with van der Waals surface area (Å²) in [6.45, 7) is 8.49. The first kappa shape index (κ1) is 25.9. The minimum Gasteiger partial charge on any atom is -0.378 e. The smallest absolute Gasteiger partial charge is 0.0728 e. The van der Waals surface area contributed by atoms with Crippen molar-refractivity contribution in [2.75, 3.05) is 26.4 Å². The predicted molar refractivity (Wildman–Crippen MR) is 133 cm³/mol. The summed E-state index contributed by atoms with van der Waals surface area (Å²) in [6, 6.07) is 0.752. The molecule has 0 aliphatic carbocycles. The molecule has 4 heterocycles. The van der Waals surface area contributed by atoms with Gasteiger partial charge in [0.15, 0.2) is 0 Å². The van der Waals surface area contributed by atoms with Crippen LogP contribution in [0.15, 0.2) is 0 Å². The molecule has 0 bridgehead atoms. The van der Waals surface area contributed by atoms with E-state index in [1.165, 1.54) is 77.0 Å². The van der Waals surface area contributed by atoms with Crippen molar-refractivity contribution in [3.63, 3.8) is 0 Å². The van der Waals surface area contributed by atoms with Crippen LogP contribution in [0.25, 0.3) is 0 Å². The number of hydrogen-bond acceptors (Lipinski definition) is 5. The third kappa shape index (κ3) is 7.90. The lowest BCUT2D eigenvalue weighted by Gasteiger charge is -2.41. The van der Waals surface area contributed by atoms with Crippen molar-refractivity contribution in [1.29, 1.82) is 0 Å². The summed E-state index contributed by atoms with van der Waals surface area (Å²) < 4.78 is 25.1. The second-order valence-electron chi connectivity index (χ2n) is 11.4. The molecule has 0 aromatic heterocycles. The fraction of sp³-hybridized carbons (Fsp3) is 1.00. The largest absolute Gasteiger partial charge is 0.378 e. The summed E-state index contributed by atoms with van der Waals surface area (Å²) in [6.07, 6.45) is 18.5. The lowest BCUT2D eigenvalue weighted by Crippen LogP contribution is -2.54. The lowest BCUT2D eigenvalue weighted by atomic mass is 9.84. The molecule has 0 spiro atoms. The zero-order valence-corrected chi connectivity index (χ0v) is 21.5. The van der Waals surface area contributed by atoms with Crippen molar-refractivity contribution in [3.8, 4) is 0 Å². The molecule has 4 aliphatic heterocycles. The molecular weight excluding hydrogens is 414 g/mol.